The van der Waals surface area contributed by atoms with E-state index in [0.717, 1.165) is 18.5 Å². The van der Waals surface area contributed by atoms with E-state index >= 15 is 0 Å². The summed E-state index contributed by atoms with van der Waals surface area (Å²) in [5.74, 6) is 0.115. The number of carbonyl (C=O) groups excluding carboxylic acids is 1. The van der Waals surface area contributed by atoms with Crippen molar-refractivity contribution < 1.29 is 4.79 Å². The van der Waals surface area contributed by atoms with Gasteiger partial charge < -0.3 is 5.32 Å². The number of carbonyl (C=O) groups is 1. The van der Waals surface area contributed by atoms with Crippen molar-refractivity contribution in [3.8, 4) is 0 Å². The molecule has 0 radical (unpaired) electrons. The van der Waals surface area contributed by atoms with Crippen LogP contribution in [-0.2, 0) is 11.3 Å². The molecule has 1 aromatic heterocycles. The van der Waals surface area contributed by atoms with Crippen LogP contribution >= 0.6 is 0 Å². The third-order valence-corrected chi connectivity index (χ3v) is 2.43. The Morgan fingerprint density at radius 2 is 2.31 bits per heavy atom. The van der Waals surface area contributed by atoms with Gasteiger partial charge >= 0.3 is 0 Å². The fraction of sp³-hybridized carbons (Fsp3) is 0.667. The van der Waals surface area contributed by atoms with Crippen molar-refractivity contribution in [1.82, 2.24) is 15.1 Å². The van der Waals surface area contributed by atoms with Crippen LogP contribution in [0.3, 0.4) is 0 Å². The first-order valence-corrected chi connectivity index (χ1v) is 5.98. The Morgan fingerprint density at radius 3 is 2.94 bits per heavy atom. The van der Waals surface area contributed by atoms with Crippen LogP contribution in [-0.4, -0.2) is 22.2 Å². The molecule has 0 fully saturated rings. The standard InChI is InChI=1S/C12H21N3O/c1-3-4-5-7-13-12(16)6-8-15-10-11(2)9-14-15/h9-10H,3-8H2,1-2H3,(H,13,16). The third kappa shape index (κ3) is 4.96. The minimum absolute atomic E-state index is 0.115. The zero-order valence-electron chi connectivity index (χ0n) is 10.2. The van der Waals surface area contributed by atoms with Crippen LogP contribution in [0.15, 0.2) is 12.4 Å². The van der Waals surface area contributed by atoms with Crippen molar-refractivity contribution in [1.29, 1.82) is 0 Å². The van der Waals surface area contributed by atoms with E-state index in [1.54, 1.807) is 10.9 Å². The van der Waals surface area contributed by atoms with Crippen LogP contribution in [0.1, 0.15) is 38.2 Å². The number of amides is 1. The molecule has 4 heteroatoms. The summed E-state index contributed by atoms with van der Waals surface area (Å²) >= 11 is 0. The molecule has 1 heterocycles. The van der Waals surface area contributed by atoms with Crippen LogP contribution in [0, 0.1) is 6.92 Å². The third-order valence-electron chi connectivity index (χ3n) is 2.43. The predicted octanol–water partition coefficient (Wildman–Crippen LogP) is 1.89. The number of aromatic nitrogens is 2. The molecule has 0 aliphatic carbocycles. The summed E-state index contributed by atoms with van der Waals surface area (Å²) in [6.07, 6.45) is 7.70. The number of rotatable bonds is 7. The molecule has 0 saturated carbocycles. The summed E-state index contributed by atoms with van der Waals surface area (Å²) < 4.78 is 1.81. The lowest BCUT2D eigenvalue weighted by Gasteiger charge is -2.04. The smallest absolute Gasteiger partial charge is 0.221 e. The predicted molar refractivity (Wildman–Crippen MR) is 64.1 cm³/mol. The first-order valence-electron chi connectivity index (χ1n) is 5.98. The molecule has 0 bridgehead atoms. The maximum absolute atomic E-state index is 11.4. The molecule has 0 spiro atoms. The minimum Gasteiger partial charge on any atom is -0.356 e. The molecule has 90 valence electrons. The van der Waals surface area contributed by atoms with Crippen molar-refractivity contribution in [2.75, 3.05) is 6.54 Å². The highest BCUT2D eigenvalue weighted by Gasteiger charge is 2.01. The Labute approximate surface area is 97.0 Å². The normalized spacial score (nSPS) is 10.4. The van der Waals surface area contributed by atoms with Crippen molar-refractivity contribution >= 4 is 5.91 Å². The molecule has 0 aromatic carbocycles. The van der Waals surface area contributed by atoms with Gasteiger partial charge in [-0.25, -0.2) is 0 Å². The molecule has 0 unspecified atom stereocenters. The summed E-state index contributed by atoms with van der Waals surface area (Å²) in [4.78, 5) is 11.4. The van der Waals surface area contributed by atoms with Crippen LogP contribution < -0.4 is 5.32 Å². The van der Waals surface area contributed by atoms with Gasteiger partial charge in [0, 0.05) is 25.7 Å². The first kappa shape index (κ1) is 12.7. The van der Waals surface area contributed by atoms with Crippen LogP contribution in [0.2, 0.25) is 0 Å². The fourth-order valence-corrected chi connectivity index (χ4v) is 1.50. The zero-order valence-corrected chi connectivity index (χ0v) is 10.2. The van der Waals surface area contributed by atoms with Gasteiger partial charge in [0.2, 0.25) is 5.91 Å². The highest BCUT2D eigenvalue weighted by atomic mass is 16.1. The number of nitrogens with one attached hydrogen (secondary N) is 1. The van der Waals surface area contributed by atoms with Gasteiger partial charge in [-0.05, 0) is 18.9 Å². The van der Waals surface area contributed by atoms with E-state index in [1.807, 2.05) is 13.1 Å². The molecule has 4 nitrogen and oxygen atoms in total. The Bertz CT molecular complexity index is 320. The molecule has 1 aromatic rings. The van der Waals surface area contributed by atoms with E-state index in [-0.39, 0.29) is 5.91 Å². The van der Waals surface area contributed by atoms with Crippen LogP contribution in [0.5, 0.6) is 0 Å². The Hall–Kier alpha value is -1.32. The number of aryl methyl sites for hydroxylation is 2. The maximum Gasteiger partial charge on any atom is 0.221 e. The summed E-state index contributed by atoms with van der Waals surface area (Å²) in [6, 6.07) is 0. The first-order chi connectivity index (χ1) is 7.72. The van der Waals surface area contributed by atoms with Gasteiger partial charge in [0.1, 0.15) is 0 Å². The maximum atomic E-state index is 11.4. The molecule has 0 aliphatic rings. The molecule has 0 atom stereocenters. The lowest BCUT2D eigenvalue weighted by atomic mass is 10.2. The van der Waals surface area contributed by atoms with E-state index in [4.69, 9.17) is 0 Å². The van der Waals surface area contributed by atoms with Crippen molar-refractivity contribution in [2.24, 2.45) is 0 Å². The van der Waals surface area contributed by atoms with E-state index in [9.17, 15) is 4.79 Å². The molecule has 1 N–H and O–H groups in total. The van der Waals surface area contributed by atoms with Gasteiger partial charge in [0.25, 0.3) is 0 Å². The molecule has 0 saturated heterocycles. The number of nitrogens with zero attached hydrogens (tertiary/aromatic N) is 2. The monoisotopic (exact) mass is 223 g/mol. The Balaban J connectivity index is 2.10. The summed E-state index contributed by atoms with van der Waals surface area (Å²) in [5.41, 5.74) is 1.13. The second-order valence-corrected chi connectivity index (χ2v) is 4.09. The average molecular weight is 223 g/mol. The fourth-order valence-electron chi connectivity index (χ4n) is 1.50. The topological polar surface area (TPSA) is 46.9 Å². The van der Waals surface area contributed by atoms with E-state index in [2.05, 4.69) is 17.3 Å². The van der Waals surface area contributed by atoms with E-state index in [0.29, 0.717) is 13.0 Å². The quantitative estimate of drug-likeness (QED) is 0.717. The Kier molecular flexibility index (Phi) is 5.61. The van der Waals surface area contributed by atoms with Gasteiger partial charge in [0.05, 0.1) is 6.20 Å². The van der Waals surface area contributed by atoms with Crippen molar-refractivity contribution in [3.63, 3.8) is 0 Å². The summed E-state index contributed by atoms with van der Waals surface area (Å²) in [6.45, 7) is 5.61. The van der Waals surface area contributed by atoms with Crippen LogP contribution in [0.4, 0.5) is 0 Å². The average Bonchev–Trinajstić information content (AvgIpc) is 2.68. The Morgan fingerprint density at radius 1 is 1.50 bits per heavy atom. The lowest BCUT2D eigenvalue weighted by molar-refractivity contribution is -0.121. The number of unbranched alkanes of at least 4 members (excludes halogenated alkanes) is 2. The van der Waals surface area contributed by atoms with Gasteiger partial charge in [-0.3, -0.25) is 9.48 Å². The largest absolute Gasteiger partial charge is 0.356 e. The van der Waals surface area contributed by atoms with Crippen molar-refractivity contribution in [3.05, 3.63) is 18.0 Å². The van der Waals surface area contributed by atoms with Gasteiger partial charge in [-0.15, -0.1) is 0 Å². The van der Waals surface area contributed by atoms with Gasteiger partial charge in [-0.2, -0.15) is 5.10 Å². The molecule has 0 aliphatic heterocycles. The molecular weight excluding hydrogens is 202 g/mol. The lowest BCUT2D eigenvalue weighted by Crippen LogP contribution is -2.25. The molecule has 16 heavy (non-hydrogen) atoms. The molecule has 1 rings (SSSR count). The minimum atomic E-state index is 0.115. The molecule has 1 amide bonds. The zero-order chi connectivity index (χ0) is 11.8. The second-order valence-electron chi connectivity index (χ2n) is 4.09. The van der Waals surface area contributed by atoms with E-state index in [1.165, 1.54) is 12.8 Å². The SMILES string of the molecule is CCCCCNC(=O)CCn1cc(C)cn1. The highest BCUT2D eigenvalue weighted by Crippen LogP contribution is 1.96. The van der Waals surface area contributed by atoms with E-state index < -0.39 is 0 Å². The summed E-state index contributed by atoms with van der Waals surface area (Å²) in [5, 5.41) is 7.05. The van der Waals surface area contributed by atoms with Gasteiger partial charge in [0.15, 0.2) is 0 Å². The number of hydrogen-bond donors (Lipinski definition) is 1. The molecular formula is C12H21N3O. The van der Waals surface area contributed by atoms with Crippen molar-refractivity contribution in [2.45, 2.75) is 46.1 Å². The number of hydrogen-bond acceptors (Lipinski definition) is 2. The van der Waals surface area contributed by atoms with Crippen LogP contribution in [0.25, 0.3) is 0 Å². The summed E-state index contributed by atoms with van der Waals surface area (Å²) in [7, 11) is 0. The van der Waals surface area contributed by atoms with Gasteiger partial charge in [-0.1, -0.05) is 19.8 Å². The second kappa shape index (κ2) is 7.04. The highest BCUT2D eigenvalue weighted by molar-refractivity contribution is 5.75.